The first kappa shape index (κ1) is 25.1. The van der Waals surface area contributed by atoms with Gasteiger partial charge in [-0.2, -0.15) is 11.8 Å². The quantitative estimate of drug-likeness (QED) is 0.340. The van der Waals surface area contributed by atoms with Gasteiger partial charge in [-0.25, -0.2) is 0 Å². The summed E-state index contributed by atoms with van der Waals surface area (Å²) in [5, 5.41) is 7.13. The number of nitrogens with zero attached hydrogens (tertiary/aromatic N) is 2. The largest absolute Gasteiger partial charge is 0.352 e. The number of carbonyl (C=O) groups is 1. The molecule has 2 atom stereocenters. The minimum atomic E-state index is -0.0107. The van der Waals surface area contributed by atoms with Crippen LogP contribution >= 0.6 is 35.7 Å². The first-order chi connectivity index (χ1) is 12.9. The van der Waals surface area contributed by atoms with Crippen LogP contribution in [-0.4, -0.2) is 53.9 Å². The summed E-state index contributed by atoms with van der Waals surface area (Å²) in [5.74, 6) is 2.73. The topological polar surface area (TPSA) is 56.7 Å². The van der Waals surface area contributed by atoms with Crippen molar-refractivity contribution in [2.45, 2.75) is 52.0 Å². The molecule has 0 aliphatic carbocycles. The summed E-state index contributed by atoms with van der Waals surface area (Å²) in [4.78, 5) is 19.2. The van der Waals surface area contributed by atoms with Crippen molar-refractivity contribution in [3.05, 3.63) is 35.4 Å². The monoisotopic (exact) mass is 518 g/mol. The van der Waals surface area contributed by atoms with E-state index in [0.717, 1.165) is 36.8 Å². The standard InChI is InChI=1S/C21H34N4OS.HI/c1-6-16(4)24-20(26)18-9-7-8-17(12-18)13-23-21(22-5)25-10-11-27-19(14-25)15(2)3;/h7-9,12,15-16,19H,6,10-11,13-14H2,1-5H3,(H,22,23)(H,24,26);1H. The van der Waals surface area contributed by atoms with Gasteiger partial charge in [0.2, 0.25) is 0 Å². The number of hydrogen-bond donors (Lipinski definition) is 2. The number of amides is 1. The highest BCUT2D eigenvalue weighted by molar-refractivity contribution is 14.0. The first-order valence-corrected chi connectivity index (χ1v) is 11.0. The van der Waals surface area contributed by atoms with Crippen LogP contribution in [0.25, 0.3) is 0 Å². The summed E-state index contributed by atoms with van der Waals surface area (Å²) < 4.78 is 0. The maximum atomic E-state index is 12.3. The lowest BCUT2D eigenvalue weighted by atomic mass is 10.1. The molecule has 0 bridgehead atoms. The van der Waals surface area contributed by atoms with Gasteiger partial charge in [-0.3, -0.25) is 9.79 Å². The van der Waals surface area contributed by atoms with Crippen molar-refractivity contribution in [2.75, 3.05) is 25.9 Å². The van der Waals surface area contributed by atoms with E-state index >= 15 is 0 Å². The highest BCUT2D eigenvalue weighted by atomic mass is 127. The SMILES string of the molecule is CCC(C)NC(=O)c1cccc(CNC(=NC)N2CCSC(C(C)C)C2)c1.I. The van der Waals surface area contributed by atoms with Gasteiger partial charge in [-0.05, 0) is 37.0 Å². The van der Waals surface area contributed by atoms with Crippen molar-refractivity contribution in [1.82, 2.24) is 15.5 Å². The number of rotatable bonds is 6. The van der Waals surface area contributed by atoms with E-state index in [1.807, 2.05) is 38.2 Å². The normalized spacial score (nSPS) is 18.4. The van der Waals surface area contributed by atoms with E-state index in [2.05, 4.69) is 53.1 Å². The Hall–Kier alpha value is -0.960. The van der Waals surface area contributed by atoms with Crippen LogP contribution in [0, 0.1) is 5.92 Å². The van der Waals surface area contributed by atoms with Crippen molar-refractivity contribution in [3.63, 3.8) is 0 Å². The second-order valence-electron chi connectivity index (χ2n) is 7.48. The molecule has 28 heavy (non-hydrogen) atoms. The molecule has 1 aliphatic heterocycles. The number of carbonyl (C=O) groups excluding carboxylic acids is 1. The third kappa shape index (κ3) is 7.46. The number of aliphatic imine (C=N–C) groups is 1. The van der Waals surface area contributed by atoms with Crippen LogP contribution in [0.3, 0.4) is 0 Å². The fraction of sp³-hybridized carbons (Fsp3) is 0.619. The molecule has 1 aromatic carbocycles. The lowest BCUT2D eigenvalue weighted by Gasteiger charge is -2.36. The second kappa shape index (κ2) is 12.6. The molecule has 2 rings (SSSR count). The molecule has 0 spiro atoms. The molecule has 1 saturated heterocycles. The molecular weight excluding hydrogens is 483 g/mol. The number of nitrogens with one attached hydrogen (secondary N) is 2. The summed E-state index contributed by atoms with van der Waals surface area (Å²) in [6, 6.07) is 8.00. The molecule has 2 unspecified atom stereocenters. The van der Waals surface area contributed by atoms with E-state index in [0.29, 0.717) is 23.3 Å². The average molecular weight is 519 g/mol. The van der Waals surface area contributed by atoms with Crippen molar-refractivity contribution in [2.24, 2.45) is 10.9 Å². The number of guanidine groups is 1. The third-order valence-corrected chi connectivity index (χ3v) is 6.52. The Kier molecular flexibility index (Phi) is 11.3. The van der Waals surface area contributed by atoms with E-state index in [1.54, 1.807) is 0 Å². The van der Waals surface area contributed by atoms with Crippen LogP contribution in [0.1, 0.15) is 50.0 Å². The first-order valence-electron chi connectivity index (χ1n) is 9.91. The fourth-order valence-corrected chi connectivity index (χ4v) is 4.32. The Morgan fingerprint density at radius 1 is 1.36 bits per heavy atom. The van der Waals surface area contributed by atoms with E-state index in [9.17, 15) is 4.79 Å². The molecule has 7 heteroatoms. The zero-order valence-corrected chi connectivity index (χ0v) is 20.8. The lowest BCUT2D eigenvalue weighted by Crippen LogP contribution is -2.48. The molecule has 0 saturated carbocycles. The minimum absolute atomic E-state index is 0. The van der Waals surface area contributed by atoms with Gasteiger partial charge in [0.15, 0.2) is 5.96 Å². The molecule has 1 fully saturated rings. The van der Waals surface area contributed by atoms with Crippen molar-refractivity contribution in [1.29, 1.82) is 0 Å². The Bertz CT molecular complexity index is 653. The molecule has 0 radical (unpaired) electrons. The molecule has 1 aromatic rings. The van der Waals surface area contributed by atoms with E-state index in [1.165, 1.54) is 0 Å². The number of hydrogen-bond acceptors (Lipinski definition) is 3. The molecule has 0 aromatic heterocycles. The van der Waals surface area contributed by atoms with Crippen molar-refractivity contribution < 1.29 is 4.79 Å². The van der Waals surface area contributed by atoms with E-state index in [-0.39, 0.29) is 35.9 Å². The van der Waals surface area contributed by atoms with Crippen LogP contribution in [0.5, 0.6) is 0 Å². The van der Waals surface area contributed by atoms with Crippen LogP contribution in [0.2, 0.25) is 0 Å². The van der Waals surface area contributed by atoms with E-state index in [4.69, 9.17) is 0 Å². The predicted octanol–water partition coefficient (Wildman–Crippen LogP) is 3.98. The van der Waals surface area contributed by atoms with Gasteiger partial charge in [0, 0.05) is 49.3 Å². The average Bonchev–Trinajstić information content (AvgIpc) is 2.68. The van der Waals surface area contributed by atoms with Crippen LogP contribution in [0.4, 0.5) is 0 Å². The van der Waals surface area contributed by atoms with Crippen molar-refractivity contribution >= 4 is 47.6 Å². The van der Waals surface area contributed by atoms with Crippen LogP contribution in [-0.2, 0) is 6.54 Å². The molecule has 1 aliphatic rings. The highest BCUT2D eigenvalue weighted by Gasteiger charge is 2.24. The summed E-state index contributed by atoms with van der Waals surface area (Å²) in [5.41, 5.74) is 1.79. The highest BCUT2D eigenvalue weighted by Crippen LogP contribution is 2.24. The maximum Gasteiger partial charge on any atom is 0.251 e. The zero-order chi connectivity index (χ0) is 19.8. The Balaban J connectivity index is 0.00000392. The van der Waals surface area contributed by atoms with Crippen LogP contribution in [0.15, 0.2) is 29.3 Å². The molecule has 2 N–H and O–H groups in total. The van der Waals surface area contributed by atoms with Gasteiger partial charge in [-0.1, -0.05) is 32.9 Å². The van der Waals surface area contributed by atoms with Crippen LogP contribution < -0.4 is 10.6 Å². The lowest BCUT2D eigenvalue weighted by molar-refractivity contribution is 0.0939. The zero-order valence-electron chi connectivity index (χ0n) is 17.7. The molecule has 1 amide bonds. The summed E-state index contributed by atoms with van der Waals surface area (Å²) in [7, 11) is 1.84. The number of thioether (sulfide) groups is 1. The summed E-state index contributed by atoms with van der Waals surface area (Å²) in [6.45, 7) is 11.4. The maximum absolute atomic E-state index is 12.3. The van der Waals surface area contributed by atoms with Crippen molar-refractivity contribution in [3.8, 4) is 0 Å². The van der Waals surface area contributed by atoms with Gasteiger partial charge in [-0.15, -0.1) is 24.0 Å². The fourth-order valence-electron chi connectivity index (χ4n) is 3.02. The Morgan fingerprint density at radius 3 is 2.75 bits per heavy atom. The number of benzene rings is 1. The predicted molar refractivity (Wildman–Crippen MR) is 132 cm³/mol. The Labute approximate surface area is 191 Å². The summed E-state index contributed by atoms with van der Waals surface area (Å²) >= 11 is 2.06. The second-order valence-corrected chi connectivity index (χ2v) is 8.83. The molecule has 5 nitrogen and oxygen atoms in total. The van der Waals surface area contributed by atoms with Gasteiger partial charge in [0.05, 0.1) is 0 Å². The van der Waals surface area contributed by atoms with E-state index < -0.39 is 0 Å². The minimum Gasteiger partial charge on any atom is -0.352 e. The molecular formula is C21H35IN4OS. The molecule has 1 heterocycles. The smallest absolute Gasteiger partial charge is 0.251 e. The number of halogens is 1. The van der Waals surface area contributed by atoms with Gasteiger partial charge in [0.25, 0.3) is 5.91 Å². The van der Waals surface area contributed by atoms with Gasteiger partial charge >= 0.3 is 0 Å². The third-order valence-electron chi connectivity index (χ3n) is 4.98. The van der Waals surface area contributed by atoms with Gasteiger partial charge < -0.3 is 15.5 Å². The Morgan fingerprint density at radius 2 is 2.11 bits per heavy atom. The van der Waals surface area contributed by atoms with Gasteiger partial charge in [0.1, 0.15) is 0 Å². The summed E-state index contributed by atoms with van der Waals surface area (Å²) in [6.07, 6.45) is 0.925. The molecule has 158 valence electrons.